The van der Waals surface area contributed by atoms with Crippen LogP contribution in [0.3, 0.4) is 0 Å². The van der Waals surface area contributed by atoms with Gasteiger partial charge in [-0.1, -0.05) is 111 Å². The lowest BCUT2D eigenvalue weighted by Crippen LogP contribution is -2.47. The SMILES string of the molecule is CC(C)(NC(=O)C(Br)C(C)(C)C)c1ccccc1.CC(C)Oc1cc(-n2nc(C(C)(C)C)oc2=O)c(Cl)cc1Cl. The molecule has 1 unspecified atom stereocenters. The van der Waals surface area contributed by atoms with Crippen molar-refractivity contribution in [3.05, 3.63) is 74.5 Å². The van der Waals surface area contributed by atoms with Crippen LogP contribution >= 0.6 is 39.1 Å². The van der Waals surface area contributed by atoms with Crippen molar-refractivity contribution in [3.63, 3.8) is 0 Å². The summed E-state index contributed by atoms with van der Waals surface area (Å²) in [6, 6.07) is 13.1. The molecule has 1 amide bonds. The molecule has 0 saturated carbocycles. The summed E-state index contributed by atoms with van der Waals surface area (Å²) in [7, 11) is 0. The number of hydrogen-bond acceptors (Lipinski definition) is 5. The molecule has 1 atom stereocenters. The molecule has 0 saturated heterocycles. The minimum atomic E-state index is -0.607. The average molecular weight is 657 g/mol. The molecule has 3 aromatic rings. The third-order valence-corrected chi connectivity index (χ3v) is 8.09. The summed E-state index contributed by atoms with van der Waals surface area (Å²) in [5.74, 6) is 0.180. The quantitative estimate of drug-likeness (QED) is 0.271. The Bertz CT molecular complexity index is 1350. The molecule has 0 bridgehead atoms. The van der Waals surface area contributed by atoms with Crippen LogP contribution in [0.2, 0.25) is 10.0 Å². The van der Waals surface area contributed by atoms with E-state index in [0.29, 0.717) is 22.4 Å². The molecule has 1 N–H and O–H groups in total. The molecular weight excluding hydrogens is 617 g/mol. The number of aromatic nitrogens is 2. The molecule has 0 aliphatic rings. The van der Waals surface area contributed by atoms with Gasteiger partial charge in [-0.3, -0.25) is 4.79 Å². The number of alkyl halides is 1. The van der Waals surface area contributed by atoms with Crippen molar-refractivity contribution < 1.29 is 13.9 Å². The minimum absolute atomic E-state index is 0.0244. The molecule has 220 valence electrons. The Hall–Kier alpha value is -2.29. The molecule has 3 rings (SSSR count). The highest BCUT2D eigenvalue weighted by Gasteiger charge is 2.32. The summed E-state index contributed by atoms with van der Waals surface area (Å²) in [5, 5.41) is 7.97. The predicted molar refractivity (Wildman–Crippen MR) is 166 cm³/mol. The number of halogens is 3. The van der Waals surface area contributed by atoms with Crippen LogP contribution in [0.5, 0.6) is 5.75 Å². The number of nitrogens with zero attached hydrogens (tertiary/aromatic N) is 2. The van der Waals surface area contributed by atoms with Gasteiger partial charge in [0.2, 0.25) is 11.8 Å². The standard InChI is InChI=1S/C15H22BrNO.C15H18Cl2N2O3/c1-14(2,3)12(16)13(18)17-15(4,5)11-9-7-6-8-10-11;1-8(2)21-12-7-11(9(16)6-10(12)17)19-14(20)22-13(18-19)15(3,4)5/h6-10,12H,1-5H3,(H,17,18);6-8H,1-5H3. The second-order valence-corrected chi connectivity index (χ2v) is 14.2. The molecule has 0 fully saturated rings. The zero-order valence-corrected chi connectivity index (χ0v) is 28.0. The molecule has 1 aromatic heterocycles. The maximum Gasteiger partial charge on any atom is 0.442 e. The first-order valence-electron chi connectivity index (χ1n) is 13.0. The Kier molecular flexibility index (Phi) is 11.1. The Morgan fingerprint density at radius 1 is 1.00 bits per heavy atom. The lowest BCUT2D eigenvalue weighted by Gasteiger charge is -2.31. The number of carbonyl (C=O) groups excluding carboxylic acids is 1. The number of nitrogens with one attached hydrogen (secondary N) is 1. The van der Waals surface area contributed by atoms with Gasteiger partial charge in [0.1, 0.15) is 5.75 Å². The van der Waals surface area contributed by atoms with E-state index < -0.39 is 5.76 Å². The van der Waals surface area contributed by atoms with Crippen molar-refractivity contribution in [3.8, 4) is 11.4 Å². The van der Waals surface area contributed by atoms with Crippen LogP contribution in [0, 0.1) is 5.41 Å². The molecule has 0 spiro atoms. The Morgan fingerprint density at radius 3 is 2.05 bits per heavy atom. The van der Waals surface area contributed by atoms with Crippen LogP contribution in [-0.4, -0.2) is 26.6 Å². The van der Waals surface area contributed by atoms with E-state index in [4.69, 9.17) is 32.4 Å². The van der Waals surface area contributed by atoms with Gasteiger partial charge in [0.15, 0.2) is 0 Å². The van der Waals surface area contributed by atoms with Crippen LogP contribution in [0.4, 0.5) is 0 Å². The second kappa shape index (κ2) is 13.1. The maximum absolute atomic E-state index is 12.2. The number of hydrogen-bond donors (Lipinski definition) is 1. The Morgan fingerprint density at radius 2 is 1.57 bits per heavy atom. The molecule has 0 aliphatic heterocycles. The highest BCUT2D eigenvalue weighted by molar-refractivity contribution is 9.10. The van der Waals surface area contributed by atoms with Crippen LogP contribution in [0.15, 0.2) is 51.7 Å². The number of carbonyl (C=O) groups is 1. The van der Waals surface area contributed by atoms with E-state index in [1.165, 1.54) is 6.07 Å². The van der Waals surface area contributed by atoms with Gasteiger partial charge in [0, 0.05) is 11.5 Å². The highest BCUT2D eigenvalue weighted by atomic mass is 79.9. The molecule has 7 nitrogen and oxygen atoms in total. The van der Waals surface area contributed by atoms with E-state index in [9.17, 15) is 9.59 Å². The van der Waals surface area contributed by atoms with E-state index >= 15 is 0 Å². The van der Waals surface area contributed by atoms with Crippen LogP contribution in [-0.2, 0) is 15.7 Å². The zero-order valence-electron chi connectivity index (χ0n) is 24.9. The Balaban J connectivity index is 0.000000286. The van der Waals surface area contributed by atoms with Gasteiger partial charge in [-0.2, -0.15) is 4.68 Å². The zero-order chi connectivity index (χ0) is 30.6. The lowest BCUT2D eigenvalue weighted by atomic mass is 9.89. The van der Waals surface area contributed by atoms with Crippen molar-refractivity contribution >= 4 is 45.0 Å². The summed E-state index contributed by atoms with van der Waals surface area (Å²) < 4.78 is 11.9. The first kappa shape index (κ1) is 33.9. The van der Waals surface area contributed by atoms with Gasteiger partial charge >= 0.3 is 5.76 Å². The van der Waals surface area contributed by atoms with E-state index in [1.807, 2.05) is 99.6 Å². The summed E-state index contributed by atoms with van der Waals surface area (Å²) >= 11 is 15.8. The van der Waals surface area contributed by atoms with Gasteiger partial charge in [0.05, 0.1) is 32.2 Å². The van der Waals surface area contributed by atoms with Gasteiger partial charge in [-0.25, -0.2) is 4.79 Å². The lowest BCUT2D eigenvalue weighted by molar-refractivity contribution is -0.123. The van der Waals surface area contributed by atoms with E-state index in [1.54, 1.807) is 6.07 Å². The van der Waals surface area contributed by atoms with Gasteiger partial charge in [-0.15, -0.1) is 5.10 Å². The van der Waals surface area contributed by atoms with E-state index in [-0.39, 0.29) is 38.2 Å². The van der Waals surface area contributed by atoms with E-state index in [2.05, 4.69) is 26.3 Å². The van der Waals surface area contributed by atoms with Crippen molar-refractivity contribution in [1.82, 2.24) is 15.1 Å². The fourth-order valence-electron chi connectivity index (χ4n) is 3.45. The van der Waals surface area contributed by atoms with Crippen LogP contribution in [0.1, 0.15) is 80.7 Å². The first-order valence-corrected chi connectivity index (χ1v) is 14.7. The highest BCUT2D eigenvalue weighted by Crippen LogP contribution is 2.33. The number of benzene rings is 2. The third kappa shape index (κ3) is 9.11. The largest absolute Gasteiger partial charge is 0.489 e. The molecule has 40 heavy (non-hydrogen) atoms. The molecule has 2 aromatic carbocycles. The van der Waals surface area contributed by atoms with Gasteiger partial charge in [0.25, 0.3) is 0 Å². The fourth-order valence-corrected chi connectivity index (χ4v) is 4.07. The van der Waals surface area contributed by atoms with Crippen molar-refractivity contribution in [2.75, 3.05) is 0 Å². The molecule has 0 aliphatic carbocycles. The topological polar surface area (TPSA) is 86.4 Å². The number of rotatable bonds is 6. The molecular formula is C30H40BrCl2N3O4. The predicted octanol–water partition coefficient (Wildman–Crippen LogP) is 8.06. The average Bonchev–Trinajstić information content (AvgIpc) is 3.22. The van der Waals surface area contributed by atoms with E-state index in [0.717, 1.165) is 10.2 Å². The summed E-state index contributed by atoms with van der Waals surface area (Å²) in [4.78, 5) is 24.1. The van der Waals surface area contributed by atoms with Gasteiger partial charge in [-0.05, 0) is 44.7 Å². The van der Waals surface area contributed by atoms with Crippen molar-refractivity contribution in [1.29, 1.82) is 0 Å². The monoisotopic (exact) mass is 655 g/mol. The normalized spacial score (nSPS) is 12.9. The Labute approximate surface area is 255 Å². The minimum Gasteiger partial charge on any atom is -0.489 e. The summed E-state index contributed by atoms with van der Waals surface area (Å²) in [6.07, 6.45) is -0.0642. The summed E-state index contributed by atoms with van der Waals surface area (Å²) in [6.45, 7) is 19.6. The second-order valence-electron chi connectivity index (χ2n) is 12.4. The van der Waals surface area contributed by atoms with Crippen LogP contribution in [0.25, 0.3) is 5.69 Å². The van der Waals surface area contributed by atoms with Crippen molar-refractivity contribution in [2.24, 2.45) is 5.41 Å². The van der Waals surface area contributed by atoms with Gasteiger partial charge < -0.3 is 14.5 Å². The molecule has 10 heteroatoms. The number of amides is 1. The molecule has 1 heterocycles. The third-order valence-electron chi connectivity index (χ3n) is 5.70. The smallest absolute Gasteiger partial charge is 0.442 e. The summed E-state index contributed by atoms with van der Waals surface area (Å²) in [5.41, 5.74) is 0.616. The van der Waals surface area contributed by atoms with Crippen molar-refractivity contribution in [2.45, 2.75) is 91.1 Å². The fraction of sp³-hybridized carbons (Fsp3) is 0.500. The molecule has 0 radical (unpaired) electrons. The first-order chi connectivity index (χ1) is 18.2. The van der Waals surface area contributed by atoms with Crippen LogP contribution < -0.4 is 15.8 Å². The maximum atomic E-state index is 12.2. The number of ether oxygens (including phenoxy) is 1.